The van der Waals surface area contributed by atoms with E-state index in [-0.39, 0.29) is 0 Å². The highest BCUT2D eigenvalue weighted by Gasteiger charge is 2.13. The van der Waals surface area contributed by atoms with Crippen molar-refractivity contribution in [3.63, 3.8) is 0 Å². The zero-order valence-electron chi connectivity index (χ0n) is 10.2. The number of hydrogen-bond donors (Lipinski definition) is 2. The van der Waals surface area contributed by atoms with Crippen molar-refractivity contribution in [3.05, 3.63) is 18.1 Å². The molecule has 0 radical (unpaired) electrons. The molecule has 102 valence electrons. The van der Waals surface area contributed by atoms with Crippen LogP contribution in [0.15, 0.2) is 12.4 Å². The van der Waals surface area contributed by atoms with Crippen LogP contribution in [0.4, 0.5) is 5.82 Å². The molecule has 2 heterocycles. The molecule has 7 nitrogen and oxygen atoms in total. The Bertz CT molecular complexity index is 464. The molecule has 0 aromatic carbocycles. The van der Waals surface area contributed by atoms with Crippen molar-refractivity contribution in [2.24, 2.45) is 0 Å². The van der Waals surface area contributed by atoms with Crippen LogP contribution in [0.3, 0.4) is 0 Å². The summed E-state index contributed by atoms with van der Waals surface area (Å²) in [6.07, 6.45) is 7.46. The summed E-state index contributed by atoms with van der Waals surface area (Å²) in [4.78, 5) is 11.0. The van der Waals surface area contributed by atoms with Crippen molar-refractivity contribution in [1.29, 1.82) is 0 Å². The molecule has 1 fully saturated rings. The van der Waals surface area contributed by atoms with Crippen LogP contribution < -0.4 is 4.90 Å². The summed E-state index contributed by atoms with van der Waals surface area (Å²) in [5.74, 6) is 1.07. The second-order valence-corrected chi connectivity index (χ2v) is 4.86. The molecule has 8 heteroatoms. The average Bonchev–Trinajstić information content (AvgIpc) is 2.29. The van der Waals surface area contributed by atoms with Gasteiger partial charge < -0.3 is 4.90 Å². The zero-order chi connectivity index (χ0) is 13.6. The number of rotatable bonds is 1. The zero-order valence-corrected chi connectivity index (χ0v) is 11.0. The van der Waals surface area contributed by atoms with Gasteiger partial charge in [0.25, 0.3) is 0 Å². The van der Waals surface area contributed by atoms with Crippen LogP contribution in [0, 0.1) is 6.92 Å². The van der Waals surface area contributed by atoms with E-state index in [4.69, 9.17) is 17.5 Å². The van der Waals surface area contributed by atoms with E-state index in [1.165, 1.54) is 19.3 Å². The second-order valence-electron chi connectivity index (χ2n) is 3.96. The molecule has 0 atom stereocenters. The van der Waals surface area contributed by atoms with Gasteiger partial charge in [-0.1, -0.05) is 0 Å². The minimum Gasteiger partial charge on any atom is -0.355 e. The fourth-order valence-corrected chi connectivity index (χ4v) is 1.82. The average molecular weight is 275 g/mol. The normalized spacial score (nSPS) is 15.8. The van der Waals surface area contributed by atoms with Gasteiger partial charge in [-0.25, -0.2) is 4.98 Å². The third-order valence-corrected chi connectivity index (χ3v) is 2.51. The Kier molecular flexibility index (Phi) is 5.45. The molecule has 1 aliphatic rings. The van der Waals surface area contributed by atoms with Gasteiger partial charge in [-0.2, -0.15) is 8.42 Å². The second kappa shape index (κ2) is 6.62. The number of anilines is 1. The molecule has 1 saturated heterocycles. The summed E-state index contributed by atoms with van der Waals surface area (Å²) < 4.78 is 31.6. The molecule has 2 N–H and O–H groups in total. The lowest BCUT2D eigenvalue weighted by molar-refractivity contribution is 0.381. The first kappa shape index (κ1) is 14.8. The molecule has 0 saturated carbocycles. The molecule has 0 amide bonds. The molecular weight excluding hydrogens is 258 g/mol. The predicted molar refractivity (Wildman–Crippen MR) is 67.0 cm³/mol. The van der Waals surface area contributed by atoms with Gasteiger partial charge in [-0.15, -0.1) is 0 Å². The van der Waals surface area contributed by atoms with Gasteiger partial charge in [-0.05, 0) is 26.2 Å². The third-order valence-electron chi connectivity index (χ3n) is 2.51. The summed E-state index contributed by atoms with van der Waals surface area (Å²) in [7, 11) is -4.67. The number of aromatic nitrogens is 2. The van der Waals surface area contributed by atoms with E-state index in [9.17, 15) is 0 Å². The van der Waals surface area contributed by atoms with Crippen molar-refractivity contribution in [1.82, 2.24) is 9.97 Å². The lowest BCUT2D eigenvalue weighted by atomic mass is 10.1. The number of hydrogen-bond acceptors (Lipinski definition) is 5. The summed E-state index contributed by atoms with van der Waals surface area (Å²) >= 11 is 0. The van der Waals surface area contributed by atoms with Crippen molar-refractivity contribution < 1.29 is 17.5 Å². The van der Waals surface area contributed by atoms with E-state index >= 15 is 0 Å². The number of piperidine rings is 1. The van der Waals surface area contributed by atoms with Gasteiger partial charge in [0, 0.05) is 25.5 Å². The Labute approximate surface area is 106 Å². The summed E-state index contributed by atoms with van der Waals surface area (Å²) in [5, 5.41) is 0. The highest BCUT2D eigenvalue weighted by atomic mass is 32.3. The largest absolute Gasteiger partial charge is 0.394 e. The SMILES string of the molecule is Cc1nccnc1N1CCCCC1.O=S(=O)(O)O. The number of aryl methyl sites for hydroxylation is 1. The van der Waals surface area contributed by atoms with E-state index in [0.717, 1.165) is 24.6 Å². The van der Waals surface area contributed by atoms with Crippen molar-refractivity contribution in [2.45, 2.75) is 26.2 Å². The molecule has 2 rings (SSSR count). The maximum atomic E-state index is 8.74. The Morgan fingerprint density at radius 3 is 2.11 bits per heavy atom. The molecule has 1 aliphatic heterocycles. The summed E-state index contributed by atoms with van der Waals surface area (Å²) in [6.45, 7) is 4.30. The molecular formula is C10H17N3O4S. The quantitative estimate of drug-likeness (QED) is 0.740. The Balaban J connectivity index is 0.000000280. The fourth-order valence-electron chi connectivity index (χ4n) is 1.82. The minimum atomic E-state index is -4.67. The van der Waals surface area contributed by atoms with E-state index in [1.807, 2.05) is 6.92 Å². The molecule has 0 aliphatic carbocycles. The van der Waals surface area contributed by atoms with Crippen LogP contribution in [0.2, 0.25) is 0 Å². The van der Waals surface area contributed by atoms with Crippen molar-refractivity contribution in [2.75, 3.05) is 18.0 Å². The molecule has 0 bridgehead atoms. The van der Waals surface area contributed by atoms with Crippen LogP contribution in [0.1, 0.15) is 25.0 Å². The van der Waals surface area contributed by atoms with Crippen molar-refractivity contribution >= 4 is 16.2 Å². The van der Waals surface area contributed by atoms with Gasteiger partial charge in [0.2, 0.25) is 0 Å². The van der Waals surface area contributed by atoms with E-state index in [2.05, 4.69) is 14.9 Å². The maximum Gasteiger partial charge on any atom is 0.394 e. The topological polar surface area (TPSA) is 104 Å². The lowest BCUT2D eigenvalue weighted by Gasteiger charge is -2.28. The predicted octanol–water partition coefficient (Wildman–Crippen LogP) is 1.12. The fraction of sp³-hybridized carbons (Fsp3) is 0.600. The van der Waals surface area contributed by atoms with Gasteiger partial charge in [-0.3, -0.25) is 14.1 Å². The maximum absolute atomic E-state index is 8.74. The van der Waals surface area contributed by atoms with Crippen molar-refractivity contribution in [3.8, 4) is 0 Å². The highest BCUT2D eigenvalue weighted by molar-refractivity contribution is 7.79. The molecule has 1 aromatic heterocycles. The first-order valence-electron chi connectivity index (χ1n) is 5.60. The first-order valence-corrected chi connectivity index (χ1v) is 7.00. The summed E-state index contributed by atoms with van der Waals surface area (Å²) in [5.41, 5.74) is 1.05. The van der Waals surface area contributed by atoms with Gasteiger partial charge in [0.1, 0.15) is 5.82 Å². The van der Waals surface area contributed by atoms with E-state index in [0.29, 0.717) is 0 Å². The van der Waals surface area contributed by atoms with E-state index < -0.39 is 10.4 Å². The Morgan fingerprint density at radius 1 is 1.11 bits per heavy atom. The monoisotopic (exact) mass is 275 g/mol. The van der Waals surface area contributed by atoms with Gasteiger partial charge >= 0.3 is 10.4 Å². The Hall–Kier alpha value is -1.25. The lowest BCUT2D eigenvalue weighted by Crippen LogP contribution is -2.30. The molecule has 18 heavy (non-hydrogen) atoms. The Morgan fingerprint density at radius 2 is 1.61 bits per heavy atom. The van der Waals surface area contributed by atoms with Crippen LogP contribution in [0.25, 0.3) is 0 Å². The smallest absolute Gasteiger partial charge is 0.355 e. The molecule has 1 aromatic rings. The van der Waals surface area contributed by atoms with Gasteiger partial charge in [0.05, 0.1) is 5.69 Å². The van der Waals surface area contributed by atoms with Crippen LogP contribution in [0.5, 0.6) is 0 Å². The van der Waals surface area contributed by atoms with Crippen LogP contribution in [-0.2, 0) is 10.4 Å². The van der Waals surface area contributed by atoms with Gasteiger partial charge in [0.15, 0.2) is 0 Å². The van der Waals surface area contributed by atoms with Crippen LogP contribution >= 0.6 is 0 Å². The van der Waals surface area contributed by atoms with Crippen LogP contribution in [-0.4, -0.2) is 40.6 Å². The standard InChI is InChI=1S/C10H15N3.H2O4S/c1-9-10(12-6-5-11-9)13-7-3-2-4-8-13;1-5(2,3)4/h5-6H,2-4,7-8H2,1H3;(H2,1,2,3,4). The molecule has 0 spiro atoms. The third kappa shape index (κ3) is 5.89. The van der Waals surface area contributed by atoms with E-state index in [1.54, 1.807) is 12.4 Å². The minimum absolute atomic E-state index is 1.05. The summed E-state index contributed by atoms with van der Waals surface area (Å²) in [6, 6.07) is 0. The molecule has 0 unspecified atom stereocenters. The number of nitrogens with zero attached hydrogens (tertiary/aromatic N) is 3. The highest BCUT2D eigenvalue weighted by Crippen LogP contribution is 2.18. The first-order chi connectivity index (χ1) is 8.38.